The average molecular weight is 486 g/mol. The van der Waals surface area contributed by atoms with Gasteiger partial charge in [0.15, 0.2) is 5.82 Å². The Labute approximate surface area is 204 Å². The van der Waals surface area contributed by atoms with Gasteiger partial charge >= 0.3 is 12.2 Å². The number of hydrogen-bond acceptors (Lipinski definition) is 7. The number of cyclic esters (lactones) is 1. The van der Waals surface area contributed by atoms with Crippen LogP contribution in [0.25, 0.3) is 11.3 Å². The average Bonchev–Trinajstić information content (AvgIpc) is 2.81. The fraction of sp³-hybridized carbons (Fsp3) is 0.520. The number of ether oxygens (including phenoxy) is 2. The highest BCUT2D eigenvalue weighted by atomic mass is 19.1. The molecule has 1 saturated heterocycles. The predicted octanol–water partition coefficient (Wildman–Crippen LogP) is 4.88. The molecule has 1 aliphatic heterocycles. The van der Waals surface area contributed by atoms with Crippen LogP contribution in [0.3, 0.4) is 0 Å². The first-order valence-corrected chi connectivity index (χ1v) is 12.0. The van der Waals surface area contributed by atoms with Crippen molar-refractivity contribution in [1.29, 1.82) is 0 Å². The van der Waals surface area contributed by atoms with Gasteiger partial charge in [-0.05, 0) is 65.0 Å². The molecule has 2 fully saturated rings. The molecule has 0 bridgehead atoms. The molecular weight excluding hydrogens is 453 g/mol. The Balaban J connectivity index is 1.39. The summed E-state index contributed by atoms with van der Waals surface area (Å²) in [4.78, 5) is 34.2. The third-order valence-corrected chi connectivity index (χ3v) is 5.93. The fourth-order valence-electron chi connectivity index (χ4n) is 4.28. The molecular formula is C25H32FN5O4. The zero-order valence-electron chi connectivity index (χ0n) is 20.3. The lowest BCUT2D eigenvalue weighted by Gasteiger charge is -2.30. The molecule has 0 radical (unpaired) electrons. The summed E-state index contributed by atoms with van der Waals surface area (Å²) in [5.74, 6) is -0.202. The summed E-state index contributed by atoms with van der Waals surface area (Å²) < 4.78 is 25.1. The van der Waals surface area contributed by atoms with Gasteiger partial charge in [-0.2, -0.15) is 0 Å². The van der Waals surface area contributed by atoms with E-state index in [0.29, 0.717) is 30.4 Å². The number of rotatable bonds is 5. The van der Waals surface area contributed by atoms with Crippen LogP contribution in [0, 0.1) is 5.82 Å². The van der Waals surface area contributed by atoms with Gasteiger partial charge < -0.3 is 20.1 Å². The van der Waals surface area contributed by atoms with Gasteiger partial charge in [-0.1, -0.05) is 12.1 Å². The Morgan fingerprint density at radius 3 is 2.66 bits per heavy atom. The minimum Gasteiger partial charge on any atom is -0.449 e. The molecule has 2 N–H and O–H groups in total. The number of alkyl carbamates (subject to hydrolysis) is 1. The second kappa shape index (κ2) is 10.5. The molecule has 0 unspecified atom stereocenters. The van der Waals surface area contributed by atoms with Gasteiger partial charge in [0.2, 0.25) is 5.95 Å². The van der Waals surface area contributed by atoms with Crippen molar-refractivity contribution in [2.24, 2.45) is 0 Å². The zero-order valence-corrected chi connectivity index (χ0v) is 20.3. The number of halogens is 1. The zero-order chi connectivity index (χ0) is 25.0. The SMILES string of the molecule is CC(C)(C)OC(=O)NC1CCC(Nc2ncc(F)c(-c3cccc(N4CCCOC4=O)c3)n2)CC1. The molecule has 35 heavy (non-hydrogen) atoms. The van der Waals surface area contributed by atoms with E-state index in [1.165, 1.54) is 4.90 Å². The quantitative estimate of drug-likeness (QED) is 0.622. The van der Waals surface area contributed by atoms with Crippen molar-refractivity contribution >= 4 is 23.8 Å². The number of hydrogen-bond donors (Lipinski definition) is 2. The maximum absolute atomic E-state index is 14.7. The van der Waals surface area contributed by atoms with E-state index in [-0.39, 0.29) is 17.8 Å². The molecule has 0 atom stereocenters. The number of aromatic nitrogens is 2. The lowest BCUT2D eigenvalue weighted by Crippen LogP contribution is -2.42. The Kier molecular flexibility index (Phi) is 7.37. The van der Waals surface area contributed by atoms with Crippen molar-refractivity contribution < 1.29 is 23.5 Å². The predicted molar refractivity (Wildman–Crippen MR) is 130 cm³/mol. The van der Waals surface area contributed by atoms with Gasteiger partial charge in [0.1, 0.15) is 11.3 Å². The molecule has 1 saturated carbocycles. The van der Waals surface area contributed by atoms with Crippen LogP contribution in [0.1, 0.15) is 52.9 Å². The van der Waals surface area contributed by atoms with E-state index in [4.69, 9.17) is 9.47 Å². The lowest BCUT2D eigenvalue weighted by molar-refractivity contribution is 0.0492. The van der Waals surface area contributed by atoms with E-state index in [0.717, 1.165) is 38.3 Å². The van der Waals surface area contributed by atoms with Crippen molar-refractivity contribution in [1.82, 2.24) is 15.3 Å². The molecule has 9 nitrogen and oxygen atoms in total. The van der Waals surface area contributed by atoms with Gasteiger partial charge in [-0.15, -0.1) is 0 Å². The summed E-state index contributed by atoms with van der Waals surface area (Å²) >= 11 is 0. The fourth-order valence-corrected chi connectivity index (χ4v) is 4.28. The molecule has 2 heterocycles. The molecule has 2 aliphatic rings. The van der Waals surface area contributed by atoms with E-state index in [9.17, 15) is 14.0 Å². The lowest BCUT2D eigenvalue weighted by atomic mass is 9.91. The Morgan fingerprint density at radius 1 is 1.20 bits per heavy atom. The number of carbonyl (C=O) groups is 2. The Morgan fingerprint density at radius 2 is 1.94 bits per heavy atom. The van der Waals surface area contributed by atoms with E-state index < -0.39 is 23.6 Å². The largest absolute Gasteiger partial charge is 0.449 e. The van der Waals surface area contributed by atoms with Crippen LogP contribution >= 0.6 is 0 Å². The standard InChI is InChI=1S/C25H32FN5O4/c1-25(2,3)35-23(32)29-18-10-8-17(9-11-18)28-22-27-15-20(26)21(30-22)16-6-4-7-19(14-16)31-12-5-13-34-24(31)33/h4,6-7,14-15,17-18H,5,8-13H2,1-3H3,(H,29,32)(H,27,28,30). The van der Waals surface area contributed by atoms with Gasteiger partial charge in [0.25, 0.3) is 0 Å². The summed E-state index contributed by atoms with van der Waals surface area (Å²) in [6, 6.07) is 7.20. The third kappa shape index (κ3) is 6.58. The summed E-state index contributed by atoms with van der Waals surface area (Å²) in [7, 11) is 0. The van der Waals surface area contributed by atoms with Crippen LogP contribution < -0.4 is 15.5 Å². The molecule has 1 aliphatic carbocycles. The van der Waals surface area contributed by atoms with Crippen molar-refractivity contribution in [2.45, 2.75) is 70.6 Å². The second-order valence-corrected chi connectivity index (χ2v) is 9.90. The summed E-state index contributed by atoms with van der Waals surface area (Å²) in [6.07, 6.45) is 4.28. The monoisotopic (exact) mass is 485 g/mol. The highest BCUT2D eigenvalue weighted by Gasteiger charge is 2.26. The second-order valence-electron chi connectivity index (χ2n) is 9.90. The van der Waals surface area contributed by atoms with Gasteiger partial charge in [0.05, 0.1) is 12.8 Å². The normalized spacial score (nSPS) is 20.7. The van der Waals surface area contributed by atoms with Gasteiger partial charge in [-0.3, -0.25) is 4.90 Å². The van der Waals surface area contributed by atoms with Gasteiger partial charge in [-0.25, -0.2) is 23.9 Å². The van der Waals surface area contributed by atoms with Crippen molar-refractivity contribution in [3.05, 3.63) is 36.3 Å². The first-order chi connectivity index (χ1) is 16.7. The number of nitrogens with one attached hydrogen (secondary N) is 2. The highest BCUT2D eigenvalue weighted by Crippen LogP contribution is 2.28. The molecule has 2 aromatic rings. The van der Waals surface area contributed by atoms with E-state index in [1.54, 1.807) is 24.3 Å². The van der Waals surface area contributed by atoms with E-state index in [2.05, 4.69) is 20.6 Å². The summed E-state index contributed by atoms with van der Waals surface area (Å²) in [5, 5.41) is 6.22. The van der Waals surface area contributed by atoms with E-state index in [1.807, 2.05) is 20.8 Å². The number of amides is 2. The van der Waals surface area contributed by atoms with Gasteiger partial charge in [0, 0.05) is 29.9 Å². The van der Waals surface area contributed by atoms with Crippen molar-refractivity contribution in [2.75, 3.05) is 23.4 Å². The van der Waals surface area contributed by atoms with Crippen molar-refractivity contribution in [3.8, 4) is 11.3 Å². The minimum absolute atomic E-state index is 0.0526. The third-order valence-electron chi connectivity index (χ3n) is 5.93. The molecule has 1 aromatic heterocycles. The molecule has 2 amide bonds. The van der Waals surface area contributed by atoms with Crippen LogP contribution in [-0.4, -0.2) is 53.0 Å². The number of carbonyl (C=O) groups excluding carboxylic acids is 2. The number of anilines is 2. The summed E-state index contributed by atoms with van der Waals surface area (Å²) in [5.41, 5.74) is 0.816. The smallest absolute Gasteiger partial charge is 0.414 e. The number of nitrogens with zero attached hydrogens (tertiary/aromatic N) is 3. The molecule has 10 heteroatoms. The first-order valence-electron chi connectivity index (χ1n) is 12.0. The highest BCUT2D eigenvalue weighted by molar-refractivity contribution is 5.89. The Hall–Kier alpha value is -3.43. The van der Waals surface area contributed by atoms with Crippen LogP contribution in [-0.2, 0) is 9.47 Å². The molecule has 0 spiro atoms. The minimum atomic E-state index is -0.542. The summed E-state index contributed by atoms with van der Waals surface area (Å²) in [6.45, 7) is 6.46. The molecule has 188 valence electrons. The van der Waals surface area contributed by atoms with Crippen LogP contribution in [0.2, 0.25) is 0 Å². The first kappa shape index (κ1) is 24.7. The van der Waals surface area contributed by atoms with Crippen molar-refractivity contribution in [3.63, 3.8) is 0 Å². The van der Waals surface area contributed by atoms with Crippen LogP contribution in [0.5, 0.6) is 0 Å². The number of benzene rings is 1. The van der Waals surface area contributed by atoms with Crippen LogP contribution in [0.15, 0.2) is 30.5 Å². The Bertz CT molecular complexity index is 1070. The van der Waals surface area contributed by atoms with E-state index >= 15 is 0 Å². The maximum atomic E-state index is 14.7. The van der Waals surface area contributed by atoms with Crippen LogP contribution in [0.4, 0.5) is 25.6 Å². The molecule has 1 aromatic carbocycles. The topological polar surface area (TPSA) is 106 Å². The molecule has 4 rings (SSSR count). The maximum Gasteiger partial charge on any atom is 0.414 e.